The van der Waals surface area contributed by atoms with E-state index < -0.39 is 17.8 Å². The Morgan fingerprint density at radius 1 is 0.955 bits per heavy atom. The number of fused-ring (bicyclic) bond motifs is 1. The predicted octanol–water partition coefficient (Wildman–Crippen LogP) is 3.88. The monoisotopic (exact) mass is 595 g/mol. The zero-order valence-electron chi connectivity index (χ0n) is 23.9. The molecule has 2 aromatic heterocycles. The highest BCUT2D eigenvalue weighted by molar-refractivity contribution is 6.14. The number of primary amides is 1. The van der Waals surface area contributed by atoms with Gasteiger partial charge in [-0.05, 0) is 73.1 Å². The molecular weight excluding hydrogens is 565 g/mol. The van der Waals surface area contributed by atoms with E-state index in [0.29, 0.717) is 41.8 Å². The summed E-state index contributed by atoms with van der Waals surface area (Å²) in [5.41, 5.74) is 9.13. The molecule has 0 aliphatic carbocycles. The van der Waals surface area contributed by atoms with Gasteiger partial charge in [-0.2, -0.15) is 5.10 Å². The molecular formula is C32H30FN7O4. The Bertz CT molecular complexity index is 1910. The van der Waals surface area contributed by atoms with Crippen LogP contribution < -0.4 is 16.0 Å². The second kappa shape index (κ2) is 11.7. The summed E-state index contributed by atoms with van der Waals surface area (Å²) in [5, 5.41) is 20.4. The first kappa shape index (κ1) is 28.6. The fraction of sp³-hybridized carbons (Fsp3) is 0.188. The number of hydrogen-bond acceptors (Lipinski definition) is 6. The van der Waals surface area contributed by atoms with E-state index in [1.165, 1.54) is 28.8 Å². The Morgan fingerprint density at radius 3 is 2.43 bits per heavy atom. The first-order valence-corrected chi connectivity index (χ1v) is 14.0. The molecule has 0 spiro atoms. The topological polar surface area (TPSA) is 150 Å². The zero-order valence-corrected chi connectivity index (χ0v) is 23.9. The molecule has 3 heterocycles. The number of carbonyl (C=O) groups excluding carboxylic acids is 2. The number of benzene rings is 3. The van der Waals surface area contributed by atoms with Crippen LogP contribution in [0.2, 0.25) is 0 Å². The van der Waals surface area contributed by atoms with Crippen molar-refractivity contribution in [2.45, 2.75) is 6.42 Å². The van der Waals surface area contributed by atoms with Crippen LogP contribution in [0.3, 0.4) is 0 Å². The number of aromatic amines is 1. The van der Waals surface area contributed by atoms with E-state index in [4.69, 9.17) is 5.73 Å². The minimum Gasteiger partial charge on any atom is -0.477 e. The number of carboxylic acids is 1. The molecule has 1 saturated heterocycles. The number of nitrogens with two attached hydrogens (primary N) is 1. The normalized spacial score (nSPS) is 13.7. The summed E-state index contributed by atoms with van der Waals surface area (Å²) in [4.78, 5) is 42.8. The van der Waals surface area contributed by atoms with Crippen molar-refractivity contribution in [3.8, 4) is 5.69 Å². The maximum Gasteiger partial charge on any atom is 0.352 e. The van der Waals surface area contributed by atoms with Gasteiger partial charge in [0.2, 0.25) is 5.91 Å². The van der Waals surface area contributed by atoms with Crippen LogP contribution in [0.25, 0.3) is 16.6 Å². The van der Waals surface area contributed by atoms with E-state index in [0.717, 1.165) is 24.2 Å². The van der Waals surface area contributed by atoms with Gasteiger partial charge >= 0.3 is 5.97 Å². The smallest absolute Gasteiger partial charge is 0.352 e. The van der Waals surface area contributed by atoms with Gasteiger partial charge in [0.05, 0.1) is 28.0 Å². The van der Waals surface area contributed by atoms with Crippen molar-refractivity contribution in [3.05, 3.63) is 107 Å². The lowest BCUT2D eigenvalue weighted by atomic mass is 10.0. The predicted molar refractivity (Wildman–Crippen MR) is 164 cm³/mol. The Labute approximate surface area is 251 Å². The molecule has 44 heavy (non-hydrogen) atoms. The van der Waals surface area contributed by atoms with Crippen LogP contribution in [0.15, 0.2) is 72.9 Å². The SMILES string of the molecule is CN1CCN(c2cc(C(N)=O)c(C(=O)Nc3n[nH]c4ccc(Cc5cccc(F)c5)cc34)cc2-n2cccc2C(=O)O)CC1. The molecule has 6 rings (SSSR count). The summed E-state index contributed by atoms with van der Waals surface area (Å²) in [6.07, 6.45) is 2.07. The van der Waals surface area contributed by atoms with Crippen molar-refractivity contribution in [1.29, 1.82) is 0 Å². The molecule has 1 fully saturated rings. The molecule has 5 N–H and O–H groups in total. The number of anilines is 2. The quantitative estimate of drug-likeness (QED) is 0.213. The number of halogens is 1. The largest absolute Gasteiger partial charge is 0.477 e. The van der Waals surface area contributed by atoms with E-state index in [9.17, 15) is 23.9 Å². The third-order valence-electron chi connectivity index (χ3n) is 7.85. The second-order valence-corrected chi connectivity index (χ2v) is 10.8. The van der Waals surface area contributed by atoms with Gasteiger partial charge in [0.1, 0.15) is 11.5 Å². The Morgan fingerprint density at radius 2 is 1.70 bits per heavy atom. The molecule has 1 aliphatic rings. The van der Waals surface area contributed by atoms with E-state index in [1.807, 2.05) is 31.3 Å². The third-order valence-corrected chi connectivity index (χ3v) is 7.85. The summed E-state index contributed by atoms with van der Waals surface area (Å²) >= 11 is 0. The van der Waals surface area contributed by atoms with Crippen LogP contribution in [0.1, 0.15) is 42.3 Å². The lowest BCUT2D eigenvalue weighted by molar-refractivity contribution is 0.0688. The molecule has 1 aliphatic heterocycles. The average molecular weight is 596 g/mol. The number of likely N-dealkylation sites (N-methyl/N-ethyl adjacent to an activating group) is 1. The third kappa shape index (κ3) is 5.62. The van der Waals surface area contributed by atoms with Crippen molar-refractivity contribution in [3.63, 3.8) is 0 Å². The molecule has 0 unspecified atom stereocenters. The highest BCUT2D eigenvalue weighted by Crippen LogP contribution is 2.32. The number of nitrogens with zero attached hydrogens (tertiary/aromatic N) is 4. The van der Waals surface area contributed by atoms with E-state index in [2.05, 4.69) is 25.3 Å². The molecule has 12 heteroatoms. The number of rotatable bonds is 8. The van der Waals surface area contributed by atoms with Crippen LogP contribution in [0.4, 0.5) is 15.9 Å². The standard InChI is InChI=1S/C32H30FN7O4/c1-38-10-12-39(13-11-38)27-17-22(29(34)41)23(18-28(27)40-9-3-6-26(40)32(43)44)31(42)35-30-24-16-20(7-8-25(24)36-37-30)14-19-4-2-5-21(33)15-19/h2-9,15-18H,10-14H2,1H3,(H2,34,41)(H,43,44)(H2,35,36,37,42). The number of piperazine rings is 1. The van der Waals surface area contributed by atoms with Crippen LogP contribution in [0, 0.1) is 5.82 Å². The van der Waals surface area contributed by atoms with Crippen LogP contribution >= 0.6 is 0 Å². The number of carbonyl (C=O) groups is 3. The van der Waals surface area contributed by atoms with Gasteiger partial charge in [0.25, 0.3) is 5.91 Å². The van der Waals surface area contributed by atoms with Crippen molar-refractivity contribution < 1.29 is 23.9 Å². The van der Waals surface area contributed by atoms with Crippen LogP contribution in [-0.4, -0.2) is 75.8 Å². The molecule has 0 saturated carbocycles. The number of H-pyrrole nitrogens is 1. The summed E-state index contributed by atoms with van der Waals surface area (Å²) < 4.78 is 15.2. The van der Waals surface area contributed by atoms with Gasteiger partial charge in [-0.3, -0.25) is 14.7 Å². The fourth-order valence-electron chi connectivity index (χ4n) is 5.55. The van der Waals surface area contributed by atoms with Crippen molar-refractivity contribution in [2.24, 2.45) is 5.73 Å². The Kier molecular flexibility index (Phi) is 7.58. The summed E-state index contributed by atoms with van der Waals surface area (Å²) in [5.74, 6) is -2.66. The van der Waals surface area contributed by atoms with Crippen molar-refractivity contribution in [2.75, 3.05) is 43.4 Å². The average Bonchev–Trinajstić information content (AvgIpc) is 3.65. The lowest BCUT2D eigenvalue weighted by Crippen LogP contribution is -2.45. The van der Waals surface area contributed by atoms with Gasteiger partial charge in [0.15, 0.2) is 5.82 Å². The zero-order chi connectivity index (χ0) is 31.0. The Balaban J connectivity index is 1.39. The van der Waals surface area contributed by atoms with E-state index in [1.54, 1.807) is 24.4 Å². The minimum absolute atomic E-state index is 0.00248. The van der Waals surface area contributed by atoms with Gasteiger partial charge in [-0.15, -0.1) is 0 Å². The molecule has 3 aromatic carbocycles. The van der Waals surface area contributed by atoms with E-state index >= 15 is 0 Å². The van der Waals surface area contributed by atoms with Crippen LogP contribution in [-0.2, 0) is 6.42 Å². The highest BCUT2D eigenvalue weighted by atomic mass is 19.1. The summed E-state index contributed by atoms with van der Waals surface area (Å²) in [7, 11) is 2.01. The summed E-state index contributed by atoms with van der Waals surface area (Å²) in [6, 6.07) is 18.0. The molecule has 0 radical (unpaired) electrons. The first-order valence-electron chi connectivity index (χ1n) is 14.0. The fourth-order valence-corrected chi connectivity index (χ4v) is 5.55. The van der Waals surface area contributed by atoms with Crippen LogP contribution in [0.5, 0.6) is 0 Å². The number of amides is 2. The molecule has 0 bridgehead atoms. The minimum atomic E-state index is -1.14. The first-order chi connectivity index (χ1) is 21.2. The number of nitrogens with one attached hydrogen (secondary N) is 2. The van der Waals surface area contributed by atoms with Gasteiger partial charge in [-0.1, -0.05) is 18.2 Å². The second-order valence-electron chi connectivity index (χ2n) is 10.8. The number of carboxylic acid groups (broad SMARTS) is 1. The lowest BCUT2D eigenvalue weighted by Gasteiger charge is -2.35. The van der Waals surface area contributed by atoms with Gasteiger partial charge in [-0.25, -0.2) is 9.18 Å². The van der Waals surface area contributed by atoms with E-state index in [-0.39, 0.29) is 28.5 Å². The molecule has 224 valence electrons. The molecule has 0 atom stereocenters. The van der Waals surface area contributed by atoms with Gasteiger partial charge < -0.3 is 30.5 Å². The Hall–Kier alpha value is -5.49. The van der Waals surface area contributed by atoms with Crippen molar-refractivity contribution >= 4 is 40.2 Å². The number of aromatic nitrogens is 3. The molecule has 2 amide bonds. The number of hydrogen-bond donors (Lipinski definition) is 4. The highest BCUT2D eigenvalue weighted by Gasteiger charge is 2.26. The number of aromatic carboxylic acids is 1. The van der Waals surface area contributed by atoms with Crippen molar-refractivity contribution in [1.82, 2.24) is 19.7 Å². The molecule has 11 nitrogen and oxygen atoms in total. The maximum atomic E-state index is 13.8. The van der Waals surface area contributed by atoms with Gasteiger partial charge in [0, 0.05) is 37.8 Å². The summed E-state index contributed by atoms with van der Waals surface area (Å²) in [6.45, 7) is 2.79. The maximum absolute atomic E-state index is 13.8. The molecule has 5 aromatic rings.